The first-order valence-corrected chi connectivity index (χ1v) is 7.22. The molecule has 0 radical (unpaired) electrons. The molecule has 0 saturated heterocycles. The van der Waals surface area contributed by atoms with E-state index in [1.54, 1.807) is 0 Å². The third-order valence-electron chi connectivity index (χ3n) is 2.84. The summed E-state index contributed by atoms with van der Waals surface area (Å²) in [4.78, 5) is 31.5. The van der Waals surface area contributed by atoms with Crippen molar-refractivity contribution < 1.29 is 34.4 Å². The van der Waals surface area contributed by atoms with Gasteiger partial charge in [0, 0.05) is 0 Å². The average Bonchev–Trinajstić information content (AvgIpc) is 2.59. The van der Waals surface area contributed by atoms with Crippen molar-refractivity contribution in [2.24, 2.45) is 17.2 Å². The lowest BCUT2D eigenvalue weighted by Crippen LogP contribution is -2.40. The van der Waals surface area contributed by atoms with Crippen LogP contribution in [0.25, 0.3) is 0 Å². The van der Waals surface area contributed by atoms with E-state index in [2.05, 4.69) is 0 Å². The highest BCUT2D eigenvalue weighted by molar-refractivity contribution is 5.77. The van der Waals surface area contributed by atoms with Crippen molar-refractivity contribution in [1.29, 1.82) is 0 Å². The van der Waals surface area contributed by atoms with Crippen LogP contribution in [0.1, 0.15) is 5.56 Å². The van der Waals surface area contributed by atoms with Gasteiger partial charge in [0.2, 0.25) is 0 Å². The van der Waals surface area contributed by atoms with E-state index in [9.17, 15) is 14.4 Å². The van der Waals surface area contributed by atoms with Gasteiger partial charge in [-0.2, -0.15) is 0 Å². The van der Waals surface area contributed by atoms with E-state index in [0.29, 0.717) is 6.42 Å². The summed E-state index contributed by atoms with van der Waals surface area (Å²) >= 11 is 0. The Morgan fingerprint density at radius 1 is 0.920 bits per heavy atom. The molecule has 0 aliphatic heterocycles. The Kier molecular flexibility index (Phi) is 10.7. The first-order chi connectivity index (χ1) is 11.7. The molecule has 0 heterocycles. The quantitative estimate of drug-likeness (QED) is 0.280. The fraction of sp³-hybridized carbons (Fsp3) is 0.400. The van der Waals surface area contributed by atoms with Gasteiger partial charge >= 0.3 is 17.9 Å². The van der Waals surface area contributed by atoms with Crippen molar-refractivity contribution in [3.05, 3.63) is 35.9 Å². The zero-order chi connectivity index (χ0) is 19.4. The van der Waals surface area contributed by atoms with Gasteiger partial charge in [-0.05, 0) is 12.0 Å². The van der Waals surface area contributed by atoms with Crippen LogP contribution in [0.4, 0.5) is 0 Å². The summed E-state index contributed by atoms with van der Waals surface area (Å²) in [6.07, 6.45) is 0.335. The molecule has 0 spiro atoms. The molecule has 1 aromatic rings. The number of aliphatic hydroxyl groups is 1. The highest BCUT2D eigenvalue weighted by Gasteiger charge is 2.19. The lowest BCUT2D eigenvalue weighted by Gasteiger charge is -2.13. The number of carbonyl (C=O) groups is 3. The van der Waals surface area contributed by atoms with Crippen LogP contribution in [-0.2, 0) is 25.5 Å². The van der Waals surface area contributed by atoms with Gasteiger partial charge in [0.05, 0.1) is 6.61 Å². The smallest absolute Gasteiger partial charge is 0.324 e. The zero-order valence-corrected chi connectivity index (χ0v) is 13.4. The van der Waals surface area contributed by atoms with E-state index < -0.39 is 42.6 Å². The second kappa shape index (κ2) is 11.9. The Morgan fingerprint density at radius 3 is 1.84 bits per heavy atom. The van der Waals surface area contributed by atoms with Gasteiger partial charge in [0.15, 0.2) is 0 Å². The maximum absolute atomic E-state index is 11.5. The lowest BCUT2D eigenvalue weighted by molar-refractivity contribution is -0.149. The number of carbonyl (C=O) groups excluding carboxylic acids is 1. The first kappa shape index (κ1) is 22.5. The van der Waals surface area contributed by atoms with Gasteiger partial charge in [0.1, 0.15) is 24.7 Å². The molecule has 0 aliphatic carbocycles. The van der Waals surface area contributed by atoms with Crippen LogP contribution >= 0.6 is 0 Å². The third-order valence-corrected chi connectivity index (χ3v) is 2.84. The van der Waals surface area contributed by atoms with Gasteiger partial charge < -0.3 is 37.3 Å². The molecule has 3 atom stereocenters. The van der Waals surface area contributed by atoms with Gasteiger partial charge in [0.25, 0.3) is 0 Å². The standard InChI is InChI=1S/C12H16N2O4.C3H7NO3/c13-9(6-8-4-2-1-3-5-8)12(17)18-7-10(14)11(15)16;4-2(1-5)3(6)7/h1-5,9-10H,6-7,13-14H2,(H,15,16);2,5H,1,4H2,(H,6,7)/t9-,10-;2-/m00/s1. The van der Waals surface area contributed by atoms with Crippen molar-refractivity contribution >= 4 is 17.9 Å². The molecular weight excluding hydrogens is 334 g/mol. The molecule has 9 N–H and O–H groups in total. The average molecular weight is 357 g/mol. The van der Waals surface area contributed by atoms with Crippen molar-refractivity contribution in [2.45, 2.75) is 24.5 Å². The van der Waals surface area contributed by atoms with Gasteiger partial charge in [-0.15, -0.1) is 0 Å². The summed E-state index contributed by atoms with van der Waals surface area (Å²) in [5, 5.41) is 24.4. The van der Waals surface area contributed by atoms with E-state index in [-0.39, 0.29) is 6.61 Å². The molecule has 0 bridgehead atoms. The van der Waals surface area contributed by atoms with Crippen molar-refractivity contribution in [1.82, 2.24) is 0 Å². The topological polar surface area (TPSA) is 199 Å². The molecule has 0 saturated carbocycles. The monoisotopic (exact) mass is 357 g/mol. The minimum absolute atomic E-state index is 0.335. The molecule has 1 rings (SSSR count). The fourth-order valence-electron chi connectivity index (χ4n) is 1.38. The molecule has 0 unspecified atom stereocenters. The van der Waals surface area contributed by atoms with E-state index >= 15 is 0 Å². The maximum Gasteiger partial charge on any atom is 0.324 e. The SMILES string of the molecule is N[C@@H](CO)C(=O)O.N[C@@H](COC(=O)[C@@H](N)Cc1ccccc1)C(=O)O. The van der Waals surface area contributed by atoms with Crippen LogP contribution in [0, 0.1) is 0 Å². The second-order valence-electron chi connectivity index (χ2n) is 5.00. The van der Waals surface area contributed by atoms with Gasteiger partial charge in [-0.25, -0.2) is 0 Å². The third kappa shape index (κ3) is 10.0. The maximum atomic E-state index is 11.5. The van der Waals surface area contributed by atoms with Crippen LogP contribution in [0.15, 0.2) is 30.3 Å². The Hall–Kier alpha value is -2.53. The minimum Gasteiger partial charge on any atom is -0.480 e. The van der Waals surface area contributed by atoms with Crippen LogP contribution in [0.2, 0.25) is 0 Å². The number of hydrogen-bond donors (Lipinski definition) is 6. The normalized spacial score (nSPS) is 13.6. The van der Waals surface area contributed by atoms with Crippen LogP contribution in [0.5, 0.6) is 0 Å². The Morgan fingerprint density at radius 2 is 1.44 bits per heavy atom. The van der Waals surface area contributed by atoms with Crippen LogP contribution < -0.4 is 17.2 Å². The summed E-state index contributed by atoms with van der Waals surface area (Å²) in [5.41, 5.74) is 16.5. The van der Waals surface area contributed by atoms with Crippen molar-refractivity contribution in [2.75, 3.05) is 13.2 Å². The highest BCUT2D eigenvalue weighted by Crippen LogP contribution is 2.03. The number of ether oxygens (including phenoxy) is 1. The van der Waals surface area contributed by atoms with Gasteiger partial charge in [-0.1, -0.05) is 30.3 Å². The number of nitrogens with two attached hydrogens (primary N) is 3. The minimum atomic E-state index is -1.22. The number of benzene rings is 1. The molecule has 0 aliphatic rings. The Bertz CT molecular complexity index is 553. The Labute approximate surface area is 144 Å². The van der Waals surface area contributed by atoms with Crippen LogP contribution in [-0.4, -0.2) is 64.6 Å². The number of aliphatic hydroxyl groups excluding tert-OH is 1. The molecule has 0 amide bonds. The molecule has 0 aromatic heterocycles. The highest BCUT2D eigenvalue weighted by atomic mass is 16.5. The van der Waals surface area contributed by atoms with Gasteiger partial charge in [-0.3, -0.25) is 14.4 Å². The van der Waals surface area contributed by atoms with Crippen LogP contribution in [0.3, 0.4) is 0 Å². The van der Waals surface area contributed by atoms with Crippen molar-refractivity contribution in [3.63, 3.8) is 0 Å². The number of carboxylic acid groups (broad SMARTS) is 2. The molecule has 140 valence electrons. The molecule has 1 aromatic carbocycles. The summed E-state index contributed by atoms with van der Waals surface area (Å²) in [6.45, 7) is -0.883. The molecular formula is C15H23N3O7. The number of rotatable bonds is 8. The van der Waals surface area contributed by atoms with E-state index in [4.69, 9.17) is 37.3 Å². The Balaban J connectivity index is 0.000000697. The number of carboxylic acids is 2. The molecule has 0 fully saturated rings. The summed E-state index contributed by atoms with van der Waals surface area (Å²) < 4.78 is 4.73. The predicted molar refractivity (Wildman–Crippen MR) is 87.4 cm³/mol. The lowest BCUT2D eigenvalue weighted by atomic mass is 10.1. The first-order valence-electron chi connectivity index (χ1n) is 7.22. The fourth-order valence-corrected chi connectivity index (χ4v) is 1.38. The molecule has 10 heteroatoms. The number of esters is 1. The van der Waals surface area contributed by atoms with E-state index in [1.165, 1.54) is 0 Å². The van der Waals surface area contributed by atoms with E-state index in [0.717, 1.165) is 5.56 Å². The second-order valence-corrected chi connectivity index (χ2v) is 5.00. The number of aliphatic carboxylic acids is 2. The largest absolute Gasteiger partial charge is 0.480 e. The number of hydrogen-bond acceptors (Lipinski definition) is 8. The van der Waals surface area contributed by atoms with E-state index in [1.807, 2.05) is 30.3 Å². The predicted octanol–water partition coefficient (Wildman–Crippen LogP) is -2.10. The summed E-state index contributed by atoms with van der Waals surface area (Å²) in [7, 11) is 0. The molecule has 25 heavy (non-hydrogen) atoms. The zero-order valence-electron chi connectivity index (χ0n) is 13.4. The summed E-state index contributed by atoms with van der Waals surface area (Å²) in [6, 6.07) is 6.05. The van der Waals surface area contributed by atoms with Crippen molar-refractivity contribution in [3.8, 4) is 0 Å². The summed E-state index contributed by atoms with van der Waals surface area (Å²) in [5.74, 6) is -3.06. The molecule has 10 nitrogen and oxygen atoms in total.